The summed E-state index contributed by atoms with van der Waals surface area (Å²) in [7, 11) is 0. The van der Waals surface area contributed by atoms with Gasteiger partial charge < -0.3 is 0 Å². The van der Waals surface area contributed by atoms with Crippen molar-refractivity contribution in [3.63, 3.8) is 0 Å². The summed E-state index contributed by atoms with van der Waals surface area (Å²) in [5.41, 5.74) is 3.82. The van der Waals surface area contributed by atoms with Gasteiger partial charge in [-0.2, -0.15) is 0 Å². The lowest BCUT2D eigenvalue weighted by molar-refractivity contribution is 0.0877. The number of hydrogen-bond donors (Lipinski definition) is 0. The first kappa shape index (κ1) is 13.1. The van der Waals surface area contributed by atoms with Crippen LogP contribution in [0.15, 0.2) is 30.3 Å². The van der Waals surface area contributed by atoms with E-state index in [1.54, 1.807) is 0 Å². The Hall–Kier alpha value is -1.63. The van der Waals surface area contributed by atoms with E-state index < -0.39 is 0 Å². The second-order valence-corrected chi connectivity index (χ2v) is 6.93. The van der Waals surface area contributed by atoms with E-state index in [-0.39, 0.29) is 5.92 Å². The van der Waals surface area contributed by atoms with Crippen LogP contribution in [0.1, 0.15) is 54.1 Å². The van der Waals surface area contributed by atoms with Crippen LogP contribution in [-0.2, 0) is 12.8 Å². The van der Waals surface area contributed by atoms with Crippen LogP contribution in [0.3, 0.4) is 0 Å². The highest BCUT2D eigenvalue weighted by Gasteiger charge is 2.27. The molecule has 4 rings (SSSR count). The highest BCUT2D eigenvalue weighted by molar-refractivity contribution is 6.11. The quantitative estimate of drug-likeness (QED) is 0.710. The molecule has 0 bridgehead atoms. The first-order valence-electron chi connectivity index (χ1n) is 8.31. The molecule has 0 aliphatic heterocycles. The lowest BCUT2D eigenvalue weighted by Crippen LogP contribution is -2.21. The van der Waals surface area contributed by atoms with E-state index >= 15 is 0 Å². The number of benzene rings is 2. The Morgan fingerprint density at radius 3 is 2.43 bits per heavy atom. The molecule has 0 amide bonds. The maximum absolute atomic E-state index is 13.0. The van der Waals surface area contributed by atoms with Crippen LogP contribution in [0, 0.1) is 11.8 Å². The fourth-order valence-corrected chi connectivity index (χ4v) is 4.20. The lowest BCUT2D eigenvalue weighted by Gasteiger charge is -2.25. The molecule has 21 heavy (non-hydrogen) atoms. The van der Waals surface area contributed by atoms with E-state index in [0.717, 1.165) is 37.2 Å². The molecule has 0 saturated heterocycles. The van der Waals surface area contributed by atoms with Gasteiger partial charge in [-0.05, 0) is 53.5 Å². The summed E-state index contributed by atoms with van der Waals surface area (Å²) in [6, 6.07) is 10.8. The summed E-state index contributed by atoms with van der Waals surface area (Å²) < 4.78 is 0. The van der Waals surface area contributed by atoms with Crippen molar-refractivity contribution in [2.45, 2.75) is 45.4 Å². The number of hydrogen-bond acceptors (Lipinski definition) is 1. The molecule has 0 N–H and O–H groups in total. The molecule has 1 saturated carbocycles. The van der Waals surface area contributed by atoms with Crippen molar-refractivity contribution in [3.05, 3.63) is 47.0 Å². The minimum absolute atomic E-state index is 0.250. The van der Waals surface area contributed by atoms with Gasteiger partial charge in [0.2, 0.25) is 0 Å². The van der Waals surface area contributed by atoms with Crippen LogP contribution in [0.2, 0.25) is 0 Å². The molecular formula is C20H22O. The number of carbonyl (C=O) groups is 1. The fourth-order valence-electron chi connectivity index (χ4n) is 4.20. The van der Waals surface area contributed by atoms with Gasteiger partial charge in [0.05, 0.1) is 0 Å². The molecule has 2 aromatic rings. The third kappa shape index (κ3) is 2.10. The minimum atomic E-state index is 0.250. The van der Waals surface area contributed by atoms with Gasteiger partial charge in [0.15, 0.2) is 5.78 Å². The van der Waals surface area contributed by atoms with Crippen LogP contribution in [0.4, 0.5) is 0 Å². The van der Waals surface area contributed by atoms with Crippen LogP contribution >= 0.6 is 0 Å². The predicted molar refractivity (Wildman–Crippen MR) is 86.8 cm³/mol. The van der Waals surface area contributed by atoms with E-state index in [0.29, 0.717) is 5.78 Å². The van der Waals surface area contributed by atoms with Crippen molar-refractivity contribution in [2.24, 2.45) is 11.8 Å². The molecular weight excluding hydrogens is 256 g/mol. The maximum Gasteiger partial charge on any atom is 0.166 e. The molecule has 0 spiro atoms. The third-order valence-corrected chi connectivity index (χ3v) is 5.53. The van der Waals surface area contributed by atoms with E-state index in [1.807, 2.05) is 0 Å². The van der Waals surface area contributed by atoms with Gasteiger partial charge >= 0.3 is 0 Å². The van der Waals surface area contributed by atoms with Crippen LogP contribution in [0.5, 0.6) is 0 Å². The van der Waals surface area contributed by atoms with E-state index in [4.69, 9.17) is 0 Å². The summed E-state index contributed by atoms with van der Waals surface area (Å²) in [4.78, 5) is 13.0. The standard InChI is InChI=1S/C20H22O/c1-13-5-7-16(8-6-13)20(21)18-12-11-15-10-9-14-3-2-4-17(18)19(14)15/h2-4,11-13,16H,5-10H2,1H3. The minimum Gasteiger partial charge on any atom is -0.294 e. The molecule has 1 heteroatoms. The fraction of sp³-hybridized carbons (Fsp3) is 0.450. The summed E-state index contributed by atoms with van der Waals surface area (Å²) in [6.45, 7) is 2.31. The zero-order chi connectivity index (χ0) is 14.4. The van der Waals surface area contributed by atoms with Crippen LogP contribution in [0.25, 0.3) is 10.8 Å². The number of carbonyl (C=O) groups excluding carboxylic acids is 1. The molecule has 108 valence electrons. The SMILES string of the molecule is CC1CCC(C(=O)c2ccc3c4c(cccc24)CC3)CC1. The average molecular weight is 278 g/mol. The van der Waals surface area contributed by atoms with Crippen molar-refractivity contribution >= 4 is 16.6 Å². The van der Waals surface area contributed by atoms with Gasteiger partial charge in [0.1, 0.15) is 0 Å². The van der Waals surface area contributed by atoms with E-state index in [2.05, 4.69) is 37.3 Å². The Balaban J connectivity index is 1.76. The number of Topliss-reactive ketones (excluding diaryl/α,β-unsaturated/α-hetero) is 1. The van der Waals surface area contributed by atoms with Gasteiger partial charge in [0, 0.05) is 11.5 Å². The molecule has 0 unspecified atom stereocenters. The van der Waals surface area contributed by atoms with Gasteiger partial charge in [-0.1, -0.05) is 50.1 Å². The van der Waals surface area contributed by atoms with Gasteiger partial charge in [-0.3, -0.25) is 4.79 Å². The molecule has 1 nitrogen and oxygen atoms in total. The normalized spacial score (nSPS) is 24.4. The Morgan fingerprint density at radius 1 is 0.952 bits per heavy atom. The maximum atomic E-state index is 13.0. The zero-order valence-electron chi connectivity index (χ0n) is 12.7. The Labute approximate surface area is 126 Å². The van der Waals surface area contributed by atoms with Gasteiger partial charge in [0.25, 0.3) is 0 Å². The third-order valence-electron chi connectivity index (χ3n) is 5.53. The molecule has 2 aliphatic carbocycles. The molecule has 1 fully saturated rings. The summed E-state index contributed by atoms with van der Waals surface area (Å²) in [5.74, 6) is 1.43. The molecule has 2 aliphatic rings. The first-order valence-corrected chi connectivity index (χ1v) is 8.31. The topological polar surface area (TPSA) is 17.1 Å². The first-order chi connectivity index (χ1) is 10.2. The highest BCUT2D eigenvalue weighted by atomic mass is 16.1. The smallest absolute Gasteiger partial charge is 0.166 e. The Kier molecular flexibility index (Phi) is 3.10. The van der Waals surface area contributed by atoms with Gasteiger partial charge in [-0.25, -0.2) is 0 Å². The van der Waals surface area contributed by atoms with Gasteiger partial charge in [-0.15, -0.1) is 0 Å². The number of aryl methyl sites for hydroxylation is 2. The molecule has 0 heterocycles. The van der Waals surface area contributed by atoms with Crippen molar-refractivity contribution in [1.82, 2.24) is 0 Å². The van der Waals surface area contributed by atoms with E-state index in [9.17, 15) is 4.79 Å². The second kappa shape index (κ2) is 4.98. The number of ketones is 1. The van der Waals surface area contributed by atoms with Crippen molar-refractivity contribution in [2.75, 3.05) is 0 Å². The lowest BCUT2D eigenvalue weighted by atomic mass is 9.78. The van der Waals surface area contributed by atoms with Crippen molar-refractivity contribution in [3.8, 4) is 0 Å². The Bertz CT molecular complexity index is 695. The van der Waals surface area contributed by atoms with Crippen molar-refractivity contribution in [1.29, 1.82) is 0 Å². The molecule has 0 radical (unpaired) electrons. The summed E-state index contributed by atoms with van der Waals surface area (Å²) in [6.07, 6.45) is 6.82. The zero-order valence-corrected chi connectivity index (χ0v) is 12.7. The van der Waals surface area contributed by atoms with E-state index in [1.165, 1.54) is 34.7 Å². The monoisotopic (exact) mass is 278 g/mol. The molecule has 2 aromatic carbocycles. The highest BCUT2D eigenvalue weighted by Crippen LogP contribution is 2.36. The van der Waals surface area contributed by atoms with Crippen molar-refractivity contribution < 1.29 is 4.79 Å². The Morgan fingerprint density at radius 2 is 1.67 bits per heavy atom. The summed E-state index contributed by atoms with van der Waals surface area (Å²) in [5, 5.41) is 2.57. The van der Waals surface area contributed by atoms with Crippen LogP contribution in [-0.4, -0.2) is 5.78 Å². The van der Waals surface area contributed by atoms with Crippen LogP contribution < -0.4 is 0 Å². The number of rotatable bonds is 2. The average Bonchev–Trinajstić information content (AvgIpc) is 2.93. The second-order valence-electron chi connectivity index (χ2n) is 6.93. The molecule has 0 aromatic heterocycles. The molecule has 0 atom stereocenters. The summed E-state index contributed by atoms with van der Waals surface area (Å²) >= 11 is 0. The predicted octanol–water partition coefficient (Wildman–Crippen LogP) is 4.95. The largest absolute Gasteiger partial charge is 0.294 e.